The highest BCUT2D eigenvalue weighted by Gasteiger charge is 2.66. The molecule has 0 bridgehead atoms. The SMILES string of the molecule is CCCCC1=C(O)[C@@]2(C(=O)OC)CO[C@H](C(C)(C)C)N2C1=O. The molecule has 0 aromatic heterocycles. The van der Waals surface area contributed by atoms with Crippen LogP contribution in [0.2, 0.25) is 0 Å². The first kappa shape index (κ1) is 16.8. The monoisotopic (exact) mass is 311 g/mol. The summed E-state index contributed by atoms with van der Waals surface area (Å²) in [6.45, 7) is 7.72. The zero-order chi connectivity index (χ0) is 16.7. The Balaban J connectivity index is 2.51. The van der Waals surface area contributed by atoms with Crippen LogP contribution in [0.5, 0.6) is 0 Å². The van der Waals surface area contributed by atoms with Crippen molar-refractivity contribution in [1.82, 2.24) is 4.90 Å². The molecule has 0 aromatic rings. The molecule has 22 heavy (non-hydrogen) atoms. The van der Waals surface area contributed by atoms with E-state index in [9.17, 15) is 14.7 Å². The number of amides is 1. The molecule has 1 saturated heterocycles. The van der Waals surface area contributed by atoms with Crippen LogP contribution in [0.25, 0.3) is 0 Å². The average molecular weight is 311 g/mol. The smallest absolute Gasteiger partial charge is 0.342 e. The molecule has 0 unspecified atom stereocenters. The van der Waals surface area contributed by atoms with Crippen LogP contribution in [-0.2, 0) is 19.1 Å². The lowest BCUT2D eigenvalue weighted by Gasteiger charge is -2.36. The number of carbonyl (C=O) groups is 2. The van der Waals surface area contributed by atoms with E-state index in [1.54, 1.807) is 0 Å². The number of hydrogen-bond acceptors (Lipinski definition) is 5. The zero-order valence-corrected chi connectivity index (χ0v) is 13.9. The number of esters is 1. The van der Waals surface area contributed by atoms with Crippen molar-refractivity contribution in [2.45, 2.75) is 58.7 Å². The van der Waals surface area contributed by atoms with Gasteiger partial charge in [0.1, 0.15) is 12.0 Å². The molecule has 124 valence electrons. The van der Waals surface area contributed by atoms with Crippen molar-refractivity contribution in [1.29, 1.82) is 0 Å². The van der Waals surface area contributed by atoms with Gasteiger partial charge in [0, 0.05) is 5.41 Å². The number of aliphatic hydroxyl groups excluding tert-OH is 1. The molecule has 0 radical (unpaired) electrons. The molecule has 2 aliphatic heterocycles. The van der Waals surface area contributed by atoms with Gasteiger partial charge in [0.2, 0.25) is 5.54 Å². The largest absolute Gasteiger partial charge is 0.509 e. The number of hydrogen-bond donors (Lipinski definition) is 1. The summed E-state index contributed by atoms with van der Waals surface area (Å²) in [6, 6.07) is 0. The van der Waals surface area contributed by atoms with E-state index in [2.05, 4.69) is 0 Å². The minimum atomic E-state index is -1.52. The summed E-state index contributed by atoms with van der Waals surface area (Å²) in [5, 5.41) is 10.6. The molecule has 2 rings (SSSR count). The molecule has 0 spiro atoms. The third-order valence-electron chi connectivity index (χ3n) is 4.29. The molecule has 2 aliphatic rings. The number of fused-ring (bicyclic) bond motifs is 1. The second-order valence-corrected chi connectivity index (χ2v) is 6.99. The highest BCUT2D eigenvalue weighted by Crippen LogP contribution is 2.47. The van der Waals surface area contributed by atoms with Crippen molar-refractivity contribution in [2.75, 3.05) is 13.7 Å². The lowest BCUT2D eigenvalue weighted by molar-refractivity contribution is -0.158. The Kier molecular flexibility index (Phi) is 4.26. The van der Waals surface area contributed by atoms with E-state index in [0.29, 0.717) is 12.0 Å². The number of methoxy groups -OCH3 is 1. The van der Waals surface area contributed by atoms with Crippen molar-refractivity contribution in [3.63, 3.8) is 0 Å². The Bertz CT molecular complexity index is 519. The van der Waals surface area contributed by atoms with E-state index in [4.69, 9.17) is 9.47 Å². The van der Waals surface area contributed by atoms with Crippen molar-refractivity contribution in [2.24, 2.45) is 5.41 Å². The maximum absolute atomic E-state index is 12.8. The van der Waals surface area contributed by atoms with E-state index in [1.165, 1.54) is 12.0 Å². The van der Waals surface area contributed by atoms with Crippen LogP contribution in [-0.4, -0.2) is 47.4 Å². The molecule has 0 aromatic carbocycles. The maximum Gasteiger partial charge on any atom is 0.342 e. The van der Waals surface area contributed by atoms with E-state index in [0.717, 1.165) is 12.8 Å². The van der Waals surface area contributed by atoms with Gasteiger partial charge in [-0.2, -0.15) is 0 Å². The van der Waals surface area contributed by atoms with E-state index in [1.807, 2.05) is 27.7 Å². The summed E-state index contributed by atoms with van der Waals surface area (Å²) in [4.78, 5) is 26.6. The van der Waals surface area contributed by atoms with Gasteiger partial charge in [-0.1, -0.05) is 34.1 Å². The average Bonchev–Trinajstić information content (AvgIpc) is 2.94. The number of aliphatic hydroxyl groups is 1. The number of unbranched alkanes of at least 4 members (excludes halogenated alkanes) is 1. The molecule has 0 saturated carbocycles. The fraction of sp³-hybridized carbons (Fsp3) is 0.750. The summed E-state index contributed by atoms with van der Waals surface area (Å²) in [7, 11) is 1.25. The van der Waals surface area contributed by atoms with E-state index in [-0.39, 0.29) is 23.7 Å². The normalized spacial score (nSPS) is 28.3. The highest BCUT2D eigenvalue weighted by atomic mass is 16.6. The van der Waals surface area contributed by atoms with Crippen molar-refractivity contribution < 1.29 is 24.2 Å². The fourth-order valence-corrected chi connectivity index (χ4v) is 3.14. The summed E-state index contributed by atoms with van der Waals surface area (Å²) in [6.07, 6.45) is 1.54. The molecule has 1 fully saturated rings. The van der Waals surface area contributed by atoms with Gasteiger partial charge < -0.3 is 14.6 Å². The first-order valence-corrected chi connectivity index (χ1v) is 7.68. The predicted molar refractivity (Wildman–Crippen MR) is 80.0 cm³/mol. The molecule has 0 aliphatic carbocycles. The zero-order valence-electron chi connectivity index (χ0n) is 13.9. The fourth-order valence-electron chi connectivity index (χ4n) is 3.14. The van der Waals surface area contributed by atoms with Gasteiger partial charge >= 0.3 is 5.97 Å². The molecule has 6 heteroatoms. The van der Waals surface area contributed by atoms with Gasteiger partial charge in [-0.3, -0.25) is 9.69 Å². The third-order valence-corrected chi connectivity index (χ3v) is 4.29. The van der Waals surface area contributed by atoms with Crippen LogP contribution < -0.4 is 0 Å². The molecule has 2 heterocycles. The summed E-state index contributed by atoms with van der Waals surface area (Å²) in [5.41, 5.74) is -1.59. The Labute approximate surface area is 131 Å². The number of ether oxygens (including phenoxy) is 2. The van der Waals surface area contributed by atoms with Crippen LogP contribution in [0.3, 0.4) is 0 Å². The molecule has 6 nitrogen and oxygen atoms in total. The Morgan fingerprint density at radius 3 is 2.64 bits per heavy atom. The highest BCUT2D eigenvalue weighted by molar-refractivity contribution is 6.05. The van der Waals surface area contributed by atoms with Crippen LogP contribution in [0.15, 0.2) is 11.3 Å². The predicted octanol–water partition coefficient (Wildman–Crippen LogP) is 2.15. The van der Waals surface area contributed by atoms with Crippen LogP contribution in [0.4, 0.5) is 0 Å². The summed E-state index contributed by atoms with van der Waals surface area (Å²) < 4.78 is 10.6. The minimum Gasteiger partial charge on any atom is -0.509 e. The van der Waals surface area contributed by atoms with Crippen molar-refractivity contribution in [3.05, 3.63) is 11.3 Å². The van der Waals surface area contributed by atoms with Gasteiger partial charge in [0.05, 0.1) is 19.3 Å². The molecule has 1 amide bonds. The van der Waals surface area contributed by atoms with E-state index < -0.39 is 17.7 Å². The first-order chi connectivity index (χ1) is 10.2. The topological polar surface area (TPSA) is 76.1 Å². The number of rotatable bonds is 4. The maximum atomic E-state index is 12.8. The second kappa shape index (κ2) is 5.57. The molecule has 2 atom stereocenters. The Morgan fingerprint density at radius 1 is 1.50 bits per heavy atom. The minimum absolute atomic E-state index is 0.0746. The Morgan fingerprint density at radius 2 is 2.14 bits per heavy atom. The molecule has 1 N–H and O–H groups in total. The lowest BCUT2D eigenvalue weighted by Crippen LogP contribution is -2.56. The number of nitrogens with zero attached hydrogens (tertiary/aromatic N) is 1. The van der Waals surface area contributed by atoms with Gasteiger partial charge in [-0.05, 0) is 12.8 Å². The standard InChI is InChI=1S/C16H25NO5/c1-6-7-8-10-11(18)16(14(20)21-5)9-22-13(15(2,3)4)17(16)12(10)19/h13,18H,6-9H2,1-5H3/t13-,16-/m1/s1. The van der Waals surface area contributed by atoms with Crippen LogP contribution in [0.1, 0.15) is 47.0 Å². The molecular formula is C16H25NO5. The Hall–Kier alpha value is -1.56. The van der Waals surface area contributed by atoms with Gasteiger partial charge in [0.15, 0.2) is 0 Å². The lowest BCUT2D eigenvalue weighted by atomic mass is 9.91. The number of carbonyl (C=O) groups excluding carboxylic acids is 2. The quantitative estimate of drug-likeness (QED) is 0.805. The first-order valence-electron chi connectivity index (χ1n) is 7.68. The third kappa shape index (κ3) is 2.20. The molecular weight excluding hydrogens is 286 g/mol. The summed E-state index contributed by atoms with van der Waals surface area (Å²) >= 11 is 0. The van der Waals surface area contributed by atoms with Gasteiger partial charge in [-0.25, -0.2) is 4.79 Å². The van der Waals surface area contributed by atoms with Gasteiger partial charge in [0.25, 0.3) is 5.91 Å². The summed E-state index contributed by atoms with van der Waals surface area (Å²) in [5.74, 6) is -1.19. The van der Waals surface area contributed by atoms with Crippen LogP contribution in [0, 0.1) is 5.41 Å². The van der Waals surface area contributed by atoms with Gasteiger partial charge in [-0.15, -0.1) is 0 Å². The van der Waals surface area contributed by atoms with Crippen LogP contribution >= 0.6 is 0 Å². The van der Waals surface area contributed by atoms with Crippen molar-refractivity contribution >= 4 is 11.9 Å². The van der Waals surface area contributed by atoms with Crippen molar-refractivity contribution in [3.8, 4) is 0 Å². The van der Waals surface area contributed by atoms with E-state index >= 15 is 0 Å². The second-order valence-electron chi connectivity index (χ2n) is 6.99.